The van der Waals surface area contributed by atoms with Gasteiger partial charge in [0.25, 0.3) is 0 Å². The molecular weight excluding hydrogens is 392 g/mol. The second-order valence-corrected chi connectivity index (χ2v) is 8.93. The predicted molar refractivity (Wildman–Crippen MR) is 112 cm³/mol. The quantitative estimate of drug-likeness (QED) is 0.747. The molecule has 0 aliphatic heterocycles. The first kappa shape index (κ1) is 21.0. The molecule has 0 aromatic heterocycles. The van der Waals surface area contributed by atoms with Crippen LogP contribution in [-0.4, -0.2) is 41.3 Å². The second kappa shape index (κ2) is 8.73. The smallest absolute Gasteiger partial charge is 0.241 e. The van der Waals surface area contributed by atoms with Crippen molar-refractivity contribution in [2.45, 2.75) is 25.3 Å². The van der Waals surface area contributed by atoms with E-state index in [4.69, 9.17) is 9.47 Å². The summed E-state index contributed by atoms with van der Waals surface area (Å²) in [6, 6.07) is 12.4. The van der Waals surface area contributed by atoms with E-state index in [9.17, 15) is 13.2 Å². The van der Waals surface area contributed by atoms with E-state index in [-0.39, 0.29) is 18.5 Å². The lowest BCUT2D eigenvalue weighted by Gasteiger charge is -2.29. The van der Waals surface area contributed by atoms with Crippen LogP contribution >= 0.6 is 0 Å². The number of sulfonamides is 1. The Morgan fingerprint density at radius 1 is 1.17 bits per heavy atom. The van der Waals surface area contributed by atoms with Crippen molar-refractivity contribution in [3.05, 3.63) is 53.6 Å². The Labute approximate surface area is 171 Å². The van der Waals surface area contributed by atoms with Crippen molar-refractivity contribution in [2.24, 2.45) is 0 Å². The summed E-state index contributed by atoms with van der Waals surface area (Å²) in [6.45, 7) is -0.318. The number of hydrogen-bond acceptors (Lipinski definition) is 5. The molecule has 0 bridgehead atoms. The number of anilines is 1. The molecule has 29 heavy (non-hydrogen) atoms. The fraction of sp³-hybridized carbons (Fsp3) is 0.381. The third kappa shape index (κ3) is 4.82. The minimum absolute atomic E-state index is 0.156. The number of methoxy groups -OCH3 is 2. The molecule has 1 unspecified atom stereocenters. The largest absolute Gasteiger partial charge is 0.497 e. The maximum absolute atomic E-state index is 12.8. The van der Waals surface area contributed by atoms with Crippen LogP contribution in [0.3, 0.4) is 0 Å². The molecule has 0 radical (unpaired) electrons. The lowest BCUT2D eigenvalue weighted by atomic mass is 9.87. The number of carbonyl (C=O) groups is 1. The van der Waals surface area contributed by atoms with Gasteiger partial charge in [-0.2, -0.15) is 0 Å². The molecule has 1 aliphatic rings. The average molecular weight is 419 g/mol. The van der Waals surface area contributed by atoms with E-state index in [0.29, 0.717) is 11.4 Å². The van der Waals surface area contributed by atoms with Gasteiger partial charge in [-0.15, -0.1) is 0 Å². The van der Waals surface area contributed by atoms with Crippen molar-refractivity contribution >= 4 is 21.6 Å². The molecule has 1 N–H and O–H groups in total. The number of ether oxygens (including phenoxy) is 2. The molecule has 2 aromatic carbocycles. The van der Waals surface area contributed by atoms with Gasteiger partial charge < -0.3 is 14.8 Å². The van der Waals surface area contributed by atoms with Gasteiger partial charge in [-0.3, -0.25) is 9.10 Å². The van der Waals surface area contributed by atoms with Crippen LogP contribution in [-0.2, 0) is 21.2 Å². The van der Waals surface area contributed by atoms with Crippen molar-refractivity contribution < 1.29 is 22.7 Å². The number of hydrogen-bond donors (Lipinski definition) is 1. The van der Waals surface area contributed by atoms with Crippen LogP contribution in [0.2, 0.25) is 0 Å². The fourth-order valence-corrected chi connectivity index (χ4v) is 4.51. The Kier molecular flexibility index (Phi) is 6.32. The third-order valence-corrected chi connectivity index (χ3v) is 6.17. The van der Waals surface area contributed by atoms with E-state index in [1.165, 1.54) is 7.11 Å². The van der Waals surface area contributed by atoms with Crippen LogP contribution in [0.25, 0.3) is 0 Å². The van der Waals surface area contributed by atoms with E-state index in [0.717, 1.165) is 46.7 Å². The lowest BCUT2D eigenvalue weighted by molar-refractivity contribution is -0.120. The average Bonchev–Trinajstić information content (AvgIpc) is 2.71. The van der Waals surface area contributed by atoms with Crippen molar-refractivity contribution in [1.29, 1.82) is 0 Å². The Morgan fingerprint density at radius 2 is 1.93 bits per heavy atom. The number of nitrogens with zero attached hydrogens (tertiary/aromatic N) is 1. The van der Waals surface area contributed by atoms with Gasteiger partial charge in [0.15, 0.2) is 0 Å². The first-order chi connectivity index (χ1) is 13.8. The minimum atomic E-state index is -3.68. The minimum Gasteiger partial charge on any atom is -0.497 e. The zero-order valence-electron chi connectivity index (χ0n) is 16.8. The monoisotopic (exact) mass is 418 g/mol. The summed E-state index contributed by atoms with van der Waals surface area (Å²) in [7, 11) is -0.589. The van der Waals surface area contributed by atoms with Crippen molar-refractivity contribution in [1.82, 2.24) is 5.32 Å². The number of nitrogens with one attached hydrogen (secondary N) is 1. The summed E-state index contributed by atoms with van der Waals surface area (Å²) in [5, 5.41) is 3.00. The number of benzene rings is 2. The highest BCUT2D eigenvalue weighted by Crippen LogP contribution is 2.33. The van der Waals surface area contributed by atoms with Crippen molar-refractivity contribution in [3.8, 4) is 11.5 Å². The molecule has 0 fully saturated rings. The van der Waals surface area contributed by atoms with Crippen molar-refractivity contribution in [3.63, 3.8) is 0 Å². The third-order valence-electron chi connectivity index (χ3n) is 5.04. The SMILES string of the molecule is COc1ccc2c(c1)CCCC2NC(=O)CN(c1ccccc1OC)S(C)(=O)=O. The van der Waals surface area contributed by atoms with Crippen LogP contribution in [0.4, 0.5) is 5.69 Å². The Morgan fingerprint density at radius 3 is 2.62 bits per heavy atom. The summed E-state index contributed by atoms with van der Waals surface area (Å²) in [5.41, 5.74) is 2.53. The van der Waals surface area contributed by atoms with Crippen LogP contribution in [0, 0.1) is 0 Å². The maximum atomic E-state index is 12.8. The highest BCUT2D eigenvalue weighted by atomic mass is 32.2. The molecule has 0 heterocycles. The molecule has 8 heteroatoms. The van der Waals surface area contributed by atoms with Gasteiger partial charge in [0.1, 0.15) is 18.0 Å². The molecule has 1 aliphatic carbocycles. The lowest BCUT2D eigenvalue weighted by Crippen LogP contribution is -2.42. The van der Waals surface area contributed by atoms with Gasteiger partial charge in [-0.1, -0.05) is 18.2 Å². The number of aryl methyl sites for hydroxylation is 1. The first-order valence-electron chi connectivity index (χ1n) is 9.40. The van der Waals surface area contributed by atoms with E-state index >= 15 is 0 Å². The molecule has 0 saturated carbocycles. The number of para-hydroxylation sites is 2. The summed E-state index contributed by atoms with van der Waals surface area (Å²) in [4.78, 5) is 12.8. The predicted octanol–water partition coefficient (Wildman–Crippen LogP) is 2.66. The van der Waals surface area contributed by atoms with E-state index < -0.39 is 10.0 Å². The molecule has 1 atom stereocenters. The molecule has 1 amide bonds. The number of rotatable bonds is 7. The Hall–Kier alpha value is -2.74. The normalized spacial score (nSPS) is 15.9. The fourth-order valence-electron chi connectivity index (χ4n) is 3.65. The van der Waals surface area contributed by atoms with Gasteiger partial charge in [0, 0.05) is 0 Å². The number of carbonyl (C=O) groups excluding carboxylic acids is 1. The molecule has 7 nitrogen and oxygen atoms in total. The van der Waals surface area contributed by atoms with Crippen LogP contribution in [0.15, 0.2) is 42.5 Å². The van der Waals surface area contributed by atoms with Crippen molar-refractivity contribution in [2.75, 3.05) is 31.3 Å². The second-order valence-electron chi connectivity index (χ2n) is 7.02. The maximum Gasteiger partial charge on any atom is 0.241 e. The highest BCUT2D eigenvalue weighted by Gasteiger charge is 2.27. The molecule has 3 rings (SSSR count). The van der Waals surface area contributed by atoms with E-state index in [1.807, 2.05) is 18.2 Å². The Bertz CT molecular complexity index is 990. The molecule has 156 valence electrons. The van der Waals surface area contributed by atoms with Gasteiger partial charge in [-0.05, 0) is 54.7 Å². The molecule has 0 saturated heterocycles. The summed E-state index contributed by atoms with van der Waals surface area (Å²) < 4.78 is 36.4. The van der Waals surface area contributed by atoms with Gasteiger partial charge in [0.05, 0.1) is 32.2 Å². The number of amides is 1. The number of fused-ring (bicyclic) bond motifs is 1. The molecule has 2 aromatic rings. The topological polar surface area (TPSA) is 84.9 Å². The summed E-state index contributed by atoms with van der Waals surface area (Å²) in [6.07, 6.45) is 3.75. The molecular formula is C21H26N2O5S. The Balaban J connectivity index is 1.80. The van der Waals surface area contributed by atoms with E-state index in [2.05, 4.69) is 5.32 Å². The first-order valence-corrected chi connectivity index (χ1v) is 11.2. The zero-order valence-corrected chi connectivity index (χ0v) is 17.7. The van der Waals surface area contributed by atoms with Crippen LogP contribution < -0.4 is 19.1 Å². The standard InChI is InChI=1S/C21H26N2O5S/c1-27-16-11-12-17-15(13-16)7-6-8-18(17)22-21(24)14-23(29(3,25)26)19-9-4-5-10-20(19)28-2/h4-5,9-13,18H,6-8,14H2,1-3H3,(H,22,24). The van der Waals surface area contributed by atoms with Crippen LogP contribution in [0.1, 0.15) is 30.0 Å². The van der Waals surface area contributed by atoms with Gasteiger partial charge in [-0.25, -0.2) is 8.42 Å². The summed E-state index contributed by atoms with van der Waals surface area (Å²) in [5.74, 6) is 0.811. The van der Waals surface area contributed by atoms with Gasteiger partial charge in [0.2, 0.25) is 15.9 Å². The van der Waals surface area contributed by atoms with Crippen LogP contribution in [0.5, 0.6) is 11.5 Å². The zero-order chi connectivity index (χ0) is 21.0. The highest BCUT2D eigenvalue weighted by molar-refractivity contribution is 7.92. The van der Waals surface area contributed by atoms with Gasteiger partial charge >= 0.3 is 0 Å². The summed E-state index contributed by atoms with van der Waals surface area (Å²) >= 11 is 0. The molecule has 0 spiro atoms. The van der Waals surface area contributed by atoms with E-state index in [1.54, 1.807) is 31.4 Å².